The summed E-state index contributed by atoms with van der Waals surface area (Å²) < 4.78 is 1.24. The first-order valence-electron chi connectivity index (χ1n) is 7.80. The van der Waals surface area contributed by atoms with Gasteiger partial charge in [-0.15, -0.1) is 0 Å². The summed E-state index contributed by atoms with van der Waals surface area (Å²) in [6.45, 7) is 4.31. The molecule has 1 aliphatic carbocycles. The van der Waals surface area contributed by atoms with E-state index in [9.17, 15) is 0 Å². The van der Waals surface area contributed by atoms with E-state index < -0.39 is 0 Å². The molecule has 118 valence electrons. The lowest BCUT2D eigenvalue weighted by molar-refractivity contribution is 0.244. The molecule has 0 spiro atoms. The molecule has 2 rings (SSSR count). The van der Waals surface area contributed by atoms with Crippen LogP contribution in [0.3, 0.4) is 0 Å². The molecule has 1 aromatic rings. The molecule has 0 heterocycles. The van der Waals surface area contributed by atoms with Crippen LogP contribution in [0.2, 0.25) is 0 Å². The van der Waals surface area contributed by atoms with Crippen molar-refractivity contribution in [1.82, 2.24) is 10.2 Å². The fraction of sp³-hybridized carbons (Fsp3) is 0.647. The zero-order chi connectivity index (χ0) is 15.2. The Morgan fingerprint density at radius 1 is 1.43 bits per heavy atom. The van der Waals surface area contributed by atoms with E-state index in [1.54, 1.807) is 0 Å². The Morgan fingerprint density at radius 2 is 2.19 bits per heavy atom. The van der Waals surface area contributed by atoms with Gasteiger partial charge >= 0.3 is 0 Å². The monoisotopic (exact) mass is 370 g/mol. The van der Waals surface area contributed by atoms with Crippen LogP contribution in [0.4, 0.5) is 0 Å². The summed E-state index contributed by atoms with van der Waals surface area (Å²) in [6.07, 6.45) is 6.12. The highest BCUT2D eigenvalue weighted by molar-refractivity contribution is 9.10. The second-order valence-corrected chi connectivity index (χ2v) is 7.97. The molecule has 4 heteroatoms. The number of benzene rings is 1. The van der Waals surface area contributed by atoms with E-state index >= 15 is 0 Å². The maximum atomic E-state index is 3.74. The van der Waals surface area contributed by atoms with Gasteiger partial charge in [-0.25, -0.2) is 0 Å². The molecule has 1 atom stereocenters. The van der Waals surface area contributed by atoms with Gasteiger partial charge in [0.1, 0.15) is 0 Å². The summed E-state index contributed by atoms with van der Waals surface area (Å²) >= 11 is 5.67. The molecular weight excluding hydrogens is 344 g/mol. The molecule has 0 aliphatic heterocycles. The first-order chi connectivity index (χ1) is 10.1. The molecule has 0 amide bonds. The van der Waals surface area contributed by atoms with Crippen LogP contribution in [-0.4, -0.2) is 36.0 Å². The van der Waals surface area contributed by atoms with Crippen molar-refractivity contribution in [2.24, 2.45) is 0 Å². The second kappa shape index (κ2) is 8.56. The van der Waals surface area contributed by atoms with Crippen LogP contribution in [0.15, 0.2) is 22.7 Å². The lowest BCUT2D eigenvalue weighted by Crippen LogP contribution is -2.29. The van der Waals surface area contributed by atoms with Gasteiger partial charge < -0.3 is 5.32 Å². The molecule has 1 saturated carbocycles. The number of hydrogen-bond acceptors (Lipinski definition) is 3. The Bertz CT molecular complexity index is 448. The fourth-order valence-electron chi connectivity index (χ4n) is 2.31. The molecule has 1 fully saturated rings. The minimum Gasteiger partial charge on any atom is -0.310 e. The minimum absolute atomic E-state index is 0.626. The number of nitrogens with zero attached hydrogens (tertiary/aromatic N) is 1. The molecule has 21 heavy (non-hydrogen) atoms. The van der Waals surface area contributed by atoms with Crippen molar-refractivity contribution in [3.05, 3.63) is 33.8 Å². The molecule has 1 aromatic carbocycles. The second-order valence-electron chi connectivity index (χ2n) is 6.13. The molecule has 1 unspecified atom stereocenters. The van der Waals surface area contributed by atoms with Gasteiger partial charge in [0.15, 0.2) is 0 Å². The van der Waals surface area contributed by atoms with E-state index in [1.165, 1.54) is 40.6 Å². The molecule has 1 N–H and O–H groups in total. The Kier molecular flexibility index (Phi) is 7.06. The highest BCUT2D eigenvalue weighted by atomic mass is 79.9. The van der Waals surface area contributed by atoms with E-state index in [1.807, 2.05) is 11.8 Å². The summed E-state index contributed by atoms with van der Waals surface area (Å²) in [6, 6.07) is 8.19. The number of rotatable bonds is 9. The van der Waals surface area contributed by atoms with Crippen LogP contribution >= 0.6 is 27.7 Å². The summed E-state index contributed by atoms with van der Waals surface area (Å²) in [5.41, 5.74) is 2.75. The Hall–Kier alpha value is -0.0300. The Morgan fingerprint density at radius 3 is 2.81 bits per heavy atom. The average Bonchev–Trinajstić information content (AvgIpc) is 3.29. The molecule has 0 radical (unpaired) electrons. The van der Waals surface area contributed by atoms with Gasteiger partial charge in [0, 0.05) is 29.6 Å². The highest BCUT2D eigenvalue weighted by Gasteiger charge is 2.20. The van der Waals surface area contributed by atoms with Crippen molar-refractivity contribution in [3.8, 4) is 0 Å². The first kappa shape index (κ1) is 17.3. The summed E-state index contributed by atoms with van der Waals surface area (Å²) in [4.78, 5) is 2.44. The normalized spacial score (nSPS) is 16.4. The zero-order valence-corrected chi connectivity index (χ0v) is 15.8. The van der Waals surface area contributed by atoms with E-state index in [0.29, 0.717) is 6.04 Å². The van der Waals surface area contributed by atoms with E-state index in [2.05, 4.69) is 64.6 Å². The lowest BCUT2D eigenvalue weighted by atomic mass is 10.1. The van der Waals surface area contributed by atoms with Crippen LogP contribution in [0.1, 0.15) is 37.3 Å². The maximum absolute atomic E-state index is 3.74. The third-order valence-corrected chi connectivity index (χ3v) is 5.58. The van der Waals surface area contributed by atoms with Crippen LogP contribution in [0, 0.1) is 0 Å². The molecule has 2 nitrogen and oxygen atoms in total. The van der Waals surface area contributed by atoms with Gasteiger partial charge in [-0.3, -0.25) is 4.90 Å². The predicted molar refractivity (Wildman–Crippen MR) is 97.9 cm³/mol. The van der Waals surface area contributed by atoms with Crippen molar-refractivity contribution in [3.63, 3.8) is 0 Å². The minimum atomic E-state index is 0.626. The summed E-state index contributed by atoms with van der Waals surface area (Å²) in [5, 5.41) is 3.57. The topological polar surface area (TPSA) is 15.3 Å². The molecule has 0 aromatic heterocycles. The Labute approximate surface area is 142 Å². The largest absolute Gasteiger partial charge is 0.310 e. The summed E-state index contributed by atoms with van der Waals surface area (Å²) in [5.74, 6) is 1.23. The quantitative estimate of drug-likeness (QED) is 0.698. The maximum Gasteiger partial charge on any atom is 0.0244 e. The highest BCUT2D eigenvalue weighted by Crippen LogP contribution is 2.23. The molecule has 1 aliphatic rings. The number of nitrogens with one attached hydrogen (secondary N) is 1. The third-order valence-electron chi connectivity index (χ3n) is 4.20. The zero-order valence-electron chi connectivity index (χ0n) is 13.4. The summed E-state index contributed by atoms with van der Waals surface area (Å²) in [7, 11) is 2.22. The van der Waals surface area contributed by atoms with Crippen molar-refractivity contribution < 1.29 is 0 Å². The first-order valence-corrected chi connectivity index (χ1v) is 9.98. The smallest absolute Gasteiger partial charge is 0.0244 e. The van der Waals surface area contributed by atoms with Crippen molar-refractivity contribution >= 4 is 27.7 Å². The van der Waals surface area contributed by atoms with Crippen LogP contribution in [0.25, 0.3) is 0 Å². The SMILES string of the molecule is CSCCC(C)N(C)Cc1ccc(CNC2CC2)cc1Br. The van der Waals surface area contributed by atoms with Crippen molar-refractivity contribution in [1.29, 1.82) is 0 Å². The fourth-order valence-corrected chi connectivity index (χ4v) is 3.44. The van der Waals surface area contributed by atoms with E-state index in [-0.39, 0.29) is 0 Å². The number of thioether (sulfide) groups is 1. The van der Waals surface area contributed by atoms with Gasteiger partial charge in [0.2, 0.25) is 0 Å². The van der Waals surface area contributed by atoms with Gasteiger partial charge in [0.05, 0.1) is 0 Å². The van der Waals surface area contributed by atoms with Crippen LogP contribution in [-0.2, 0) is 13.1 Å². The van der Waals surface area contributed by atoms with Crippen LogP contribution < -0.4 is 5.32 Å². The van der Waals surface area contributed by atoms with Crippen LogP contribution in [0.5, 0.6) is 0 Å². The van der Waals surface area contributed by atoms with E-state index in [4.69, 9.17) is 0 Å². The van der Waals surface area contributed by atoms with Gasteiger partial charge in [0.25, 0.3) is 0 Å². The van der Waals surface area contributed by atoms with Crippen molar-refractivity contribution in [2.75, 3.05) is 19.1 Å². The van der Waals surface area contributed by atoms with Gasteiger partial charge in [-0.1, -0.05) is 28.1 Å². The third kappa shape index (κ3) is 5.93. The van der Waals surface area contributed by atoms with Gasteiger partial charge in [-0.05, 0) is 62.4 Å². The Balaban J connectivity index is 1.86. The average molecular weight is 371 g/mol. The van der Waals surface area contributed by atoms with Crippen molar-refractivity contribution in [2.45, 2.75) is 51.4 Å². The van der Waals surface area contributed by atoms with Gasteiger partial charge in [-0.2, -0.15) is 11.8 Å². The number of halogens is 1. The lowest BCUT2D eigenvalue weighted by Gasteiger charge is -2.25. The molecule has 0 saturated heterocycles. The molecular formula is C17H27BrN2S. The standard InChI is InChI=1S/C17H27BrN2S/c1-13(8-9-21-3)20(2)12-15-5-4-14(10-17(15)18)11-19-16-6-7-16/h4-5,10,13,16,19H,6-9,11-12H2,1-3H3. The van der Waals surface area contributed by atoms with E-state index in [0.717, 1.165) is 19.1 Å². The number of hydrogen-bond donors (Lipinski definition) is 1. The molecule has 0 bridgehead atoms. The predicted octanol–water partition coefficient (Wildman–Crippen LogP) is 4.27.